The molecule has 0 amide bonds. The summed E-state index contributed by atoms with van der Waals surface area (Å²) in [6, 6.07) is 3.74. The molecule has 0 aliphatic heterocycles. The molecule has 16 heavy (non-hydrogen) atoms. The SMILES string of the molecule is Cc1nc2cc(OCCCO)c(N)cc2s1. The number of hydrogen-bond acceptors (Lipinski definition) is 5. The number of nitrogens with zero attached hydrogens (tertiary/aromatic N) is 1. The minimum atomic E-state index is 0.123. The Morgan fingerprint density at radius 1 is 1.50 bits per heavy atom. The molecular formula is C11H14N2O2S. The summed E-state index contributed by atoms with van der Waals surface area (Å²) in [5, 5.41) is 9.68. The Kier molecular flexibility index (Phi) is 3.26. The maximum atomic E-state index is 8.67. The zero-order valence-corrected chi connectivity index (χ0v) is 9.88. The first-order chi connectivity index (χ1) is 7.70. The number of anilines is 1. The first-order valence-corrected chi connectivity index (χ1v) is 5.92. The lowest BCUT2D eigenvalue weighted by Crippen LogP contribution is -2.02. The molecule has 0 aliphatic carbocycles. The summed E-state index contributed by atoms with van der Waals surface area (Å²) in [5.41, 5.74) is 7.40. The van der Waals surface area contributed by atoms with Gasteiger partial charge in [0.15, 0.2) is 0 Å². The highest BCUT2D eigenvalue weighted by atomic mass is 32.1. The van der Waals surface area contributed by atoms with Crippen molar-refractivity contribution in [2.75, 3.05) is 18.9 Å². The number of aliphatic hydroxyl groups excluding tert-OH is 1. The first kappa shape index (κ1) is 11.2. The number of hydrogen-bond donors (Lipinski definition) is 2. The molecule has 4 nitrogen and oxygen atoms in total. The molecule has 0 saturated carbocycles. The molecule has 1 heterocycles. The van der Waals surface area contributed by atoms with Crippen molar-refractivity contribution in [3.63, 3.8) is 0 Å². The maximum Gasteiger partial charge on any atom is 0.144 e. The van der Waals surface area contributed by atoms with Crippen LogP contribution in [0.3, 0.4) is 0 Å². The van der Waals surface area contributed by atoms with E-state index in [9.17, 15) is 0 Å². The average molecular weight is 238 g/mol. The van der Waals surface area contributed by atoms with Gasteiger partial charge in [0, 0.05) is 19.1 Å². The van der Waals surface area contributed by atoms with Crippen molar-refractivity contribution in [3.05, 3.63) is 17.1 Å². The summed E-state index contributed by atoms with van der Waals surface area (Å²) >= 11 is 1.62. The molecule has 1 aromatic heterocycles. The van der Waals surface area contributed by atoms with Crippen LogP contribution in [0, 0.1) is 6.92 Å². The average Bonchev–Trinajstić information content (AvgIpc) is 2.58. The third kappa shape index (κ3) is 2.25. The largest absolute Gasteiger partial charge is 0.491 e. The van der Waals surface area contributed by atoms with Crippen LogP contribution in [-0.2, 0) is 0 Å². The van der Waals surface area contributed by atoms with Crippen LogP contribution in [0.15, 0.2) is 12.1 Å². The van der Waals surface area contributed by atoms with Crippen molar-refractivity contribution in [3.8, 4) is 5.75 Å². The molecule has 2 aromatic rings. The van der Waals surface area contributed by atoms with Crippen molar-refractivity contribution < 1.29 is 9.84 Å². The second-order valence-corrected chi connectivity index (χ2v) is 4.75. The van der Waals surface area contributed by atoms with Crippen LogP contribution in [0.25, 0.3) is 10.2 Å². The molecule has 0 atom stereocenters. The normalized spacial score (nSPS) is 10.9. The summed E-state index contributed by atoms with van der Waals surface area (Å²) in [4.78, 5) is 4.38. The van der Waals surface area contributed by atoms with Gasteiger partial charge in [-0.05, 0) is 13.0 Å². The second kappa shape index (κ2) is 4.67. The predicted octanol–water partition coefficient (Wildman–Crippen LogP) is 1.95. The molecule has 0 bridgehead atoms. The quantitative estimate of drug-likeness (QED) is 0.631. The highest BCUT2D eigenvalue weighted by Crippen LogP contribution is 2.31. The lowest BCUT2D eigenvalue weighted by Gasteiger charge is -2.07. The first-order valence-electron chi connectivity index (χ1n) is 5.11. The van der Waals surface area contributed by atoms with Crippen LogP contribution in [0.5, 0.6) is 5.75 Å². The second-order valence-electron chi connectivity index (χ2n) is 3.52. The van der Waals surface area contributed by atoms with Crippen molar-refractivity contribution in [1.29, 1.82) is 0 Å². The van der Waals surface area contributed by atoms with Crippen LogP contribution in [0.1, 0.15) is 11.4 Å². The van der Waals surface area contributed by atoms with E-state index >= 15 is 0 Å². The van der Waals surface area contributed by atoms with E-state index in [0.717, 1.165) is 15.2 Å². The zero-order chi connectivity index (χ0) is 11.5. The van der Waals surface area contributed by atoms with Gasteiger partial charge in [-0.15, -0.1) is 11.3 Å². The van der Waals surface area contributed by atoms with E-state index in [1.54, 1.807) is 11.3 Å². The number of nitrogen functional groups attached to an aromatic ring is 1. The number of aryl methyl sites for hydroxylation is 1. The van der Waals surface area contributed by atoms with Crippen molar-refractivity contribution in [2.45, 2.75) is 13.3 Å². The lowest BCUT2D eigenvalue weighted by molar-refractivity contribution is 0.234. The van der Waals surface area contributed by atoms with Crippen molar-refractivity contribution in [2.24, 2.45) is 0 Å². The fraction of sp³-hybridized carbons (Fsp3) is 0.364. The predicted molar refractivity (Wildman–Crippen MR) is 66.0 cm³/mol. The lowest BCUT2D eigenvalue weighted by atomic mass is 10.3. The minimum Gasteiger partial charge on any atom is -0.491 e. The zero-order valence-electron chi connectivity index (χ0n) is 9.06. The third-order valence-corrected chi connectivity index (χ3v) is 3.12. The topological polar surface area (TPSA) is 68.4 Å². The third-order valence-electron chi connectivity index (χ3n) is 2.19. The van der Waals surface area contributed by atoms with Gasteiger partial charge in [-0.2, -0.15) is 0 Å². The van der Waals surface area contributed by atoms with Gasteiger partial charge >= 0.3 is 0 Å². The number of benzene rings is 1. The number of thiazole rings is 1. The van der Waals surface area contributed by atoms with E-state index in [0.29, 0.717) is 24.5 Å². The standard InChI is InChI=1S/C11H14N2O2S/c1-7-13-9-6-10(15-4-2-3-14)8(12)5-11(9)16-7/h5-6,14H,2-4,12H2,1H3. The number of ether oxygens (including phenoxy) is 1. The molecule has 0 aliphatic rings. The molecule has 2 rings (SSSR count). The van der Waals surface area contributed by atoms with Gasteiger partial charge < -0.3 is 15.6 Å². The molecule has 0 saturated heterocycles. The van der Waals surface area contributed by atoms with E-state index in [2.05, 4.69) is 4.98 Å². The van der Waals surface area contributed by atoms with Gasteiger partial charge in [0.1, 0.15) is 5.75 Å². The molecule has 3 N–H and O–H groups in total. The van der Waals surface area contributed by atoms with Crippen LogP contribution in [-0.4, -0.2) is 23.3 Å². The van der Waals surface area contributed by atoms with Crippen LogP contribution in [0.2, 0.25) is 0 Å². The Hall–Kier alpha value is -1.33. The van der Waals surface area contributed by atoms with Gasteiger partial charge in [0.25, 0.3) is 0 Å². The Morgan fingerprint density at radius 3 is 3.06 bits per heavy atom. The maximum absolute atomic E-state index is 8.67. The highest BCUT2D eigenvalue weighted by molar-refractivity contribution is 7.18. The van der Waals surface area contributed by atoms with Crippen molar-refractivity contribution in [1.82, 2.24) is 4.98 Å². The van der Waals surface area contributed by atoms with Gasteiger partial charge in [0.2, 0.25) is 0 Å². The molecule has 5 heteroatoms. The fourth-order valence-corrected chi connectivity index (χ4v) is 2.31. The Labute approximate surface area is 97.7 Å². The highest BCUT2D eigenvalue weighted by Gasteiger charge is 2.06. The van der Waals surface area contributed by atoms with Gasteiger partial charge in [-0.25, -0.2) is 4.98 Å². The van der Waals surface area contributed by atoms with E-state index in [-0.39, 0.29) is 6.61 Å². The molecule has 0 unspecified atom stereocenters. The van der Waals surface area contributed by atoms with E-state index in [1.165, 1.54) is 0 Å². The van der Waals surface area contributed by atoms with Gasteiger partial charge in [-0.3, -0.25) is 0 Å². The fourth-order valence-electron chi connectivity index (χ4n) is 1.46. The summed E-state index contributed by atoms with van der Waals surface area (Å²) < 4.78 is 6.55. The molecule has 0 spiro atoms. The molecule has 0 radical (unpaired) electrons. The number of aromatic nitrogens is 1. The number of fused-ring (bicyclic) bond motifs is 1. The number of rotatable bonds is 4. The summed E-state index contributed by atoms with van der Waals surface area (Å²) in [7, 11) is 0. The Bertz CT molecular complexity index is 496. The van der Waals surface area contributed by atoms with E-state index in [4.69, 9.17) is 15.6 Å². The minimum absolute atomic E-state index is 0.123. The smallest absolute Gasteiger partial charge is 0.144 e. The van der Waals surface area contributed by atoms with Crippen LogP contribution < -0.4 is 10.5 Å². The molecule has 1 aromatic carbocycles. The van der Waals surface area contributed by atoms with Gasteiger partial charge in [0.05, 0.1) is 27.5 Å². The summed E-state index contributed by atoms with van der Waals surface area (Å²) in [6.45, 7) is 2.56. The molecule has 86 valence electrons. The van der Waals surface area contributed by atoms with Crippen LogP contribution >= 0.6 is 11.3 Å². The Morgan fingerprint density at radius 2 is 2.31 bits per heavy atom. The van der Waals surface area contributed by atoms with E-state index < -0.39 is 0 Å². The summed E-state index contributed by atoms with van der Waals surface area (Å²) in [5.74, 6) is 0.645. The van der Waals surface area contributed by atoms with E-state index in [1.807, 2.05) is 19.1 Å². The Balaban J connectivity index is 2.27. The number of nitrogens with two attached hydrogens (primary N) is 1. The molecular weight excluding hydrogens is 224 g/mol. The van der Waals surface area contributed by atoms with Crippen LogP contribution in [0.4, 0.5) is 5.69 Å². The summed E-state index contributed by atoms with van der Waals surface area (Å²) in [6.07, 6.45) is 0.605. The van der Waals surface area contributed by atoms with Crippen molar-refractivity contribution >= 4 is 27.2 Å². The molecule has 0 fully saturated rings. The van der Waals surface area contributed by atoms with Gasteiger partial charge in [-0.1, -0.05) is 0 Å². The number of aliphatic hydroxyl groups is 1. The monoisotopic (exact) mass is 238 g/mol.